The van der Waals surface area contributed by atoms with Gasteiger partial charge in [0, 0.05) is 5.02 Å². The van der Waals surface area contributed by atoms with Crippen molar-refractivity contribution in [2.24, 2.45) is 0 Å². The second-order valence-electron chi connectivity index (χ2n) is 3.08. The molecule has 0 amide bonds. The second kappa shape index (κ2) is 4.80. The van der Waals surface area contributed by atoms with E-state index in [4.69, 9.17) is 16.7 Å². The van der Waals surface area contributed by atoms with Crippen LogP contribution in [0.4, 0.5) is 0 Å². The van der Waals surface area contributed by atoms with Crippen LogP contribution in [0.2, 0.25) is 5.02 Å². The first-order valence-corrected chi connectivity index (χ1v) is 5.42. The van der Waals surface area contributed by atoms with Crippen LogP contribution in [0.3, 0.4) is 0 Å². The number of hydrogen-bond acceptors (Lipinski definition) is 1. The number of benzene rings is 1. The van der Waals surface area contributed by atoms with Crippen LogP contribution in [0.15, 0.2) is 18.2 Å². The van der Waals surface area contributed by atoms with Gasteiger partial charge in [0.05, 0.1) is 0 Å². The van der Waals surface area contributed by atoms with E-state index in [1.165, 1.54) is 0 Å². The van der Waals surface area contributed by atoms with E-state index in [0.717, 1.165) is 11.1 Å². The lowest BCUT2D eigenvalue weighted by atomic mass is 10.0. The van der Waals surface area contributed by atoms with Gasteiger partial charge in [-0.2, -0.15) is 0 Å². The van der Waals surface area contributed by atoms with Gasteiger partial charge in [0.25, 0.3) is 0 Å². The molecular formula is C10H10BrClO2. The largest absolute Gasteiger partial charge is 0.480 e. The van der Waals surface area contributed by atoms with Crippen molar-refractivity contribution in [1.29, 1.82) is 0 Å². The fourth-order valence-electron chi connectivity index (χ4n) is 1.17. The Morgan fingerprint density at radius 2 is 2.29 bits per heavy atom. The molecule has 14 heavy (non-hydrogen) atoms. The zero-order valence-electron chi connectivity index (χ0n) is 7.63. The minimum atomic E-state index is -0.848. The molecule has 0 spiro atoms. The molecule has 2 nitrogen and oxygen atoms in total. The molecule has 1 aromatic rings. The number of aliphatic carboxylic acids is 1. The Hall–Kier alpha value is -0.540. The van der Waals surface area contributed by atoms with Crippen molar-refractivity contribution in [3.8, 4) is 0 Å². The Labute approximate surface area is 96.0 Å². The number of hydrogen-bond donors (Lipinski definition) is 1. The van der Waals surface area contributed by atoms with Crippen molar-refractivity contribution in [2.75, 3.05) is 0 Å². The number of halogens is 2. The van der Waals surface area contributed by atoms with Gasteiger partial charge in [-0.1, -0.05) is 33.6 Å². The monoisotopic (exact) mass is 276 g/mol. The number of carboxylic acids is 1. The van der Waals surface area contributed by atoms with Crippen molar-refractivity contribution in [2.45, 2.75) is 18.2 Å². The molecule has 0 radical (unpaired) electrons. The van der Waals surface area contributed by atoms with Crippen molar-refractivity contribution < 1.29 is 9.90 Å². The third kappa shape index (κ3) is 3.00. The minimum Gasteiger partial charge on any atom is -0.480 e. The molecule has 0 aliphatic rings. The van der Waals surface area contributed by atoms with Gasteiger partial charge >= 0.3 is 5.97 Å². The van der Waals surface area contributed by atoms with Crippen molar-refractivity contribution in [1.82, 2.24) is 0 Å². The molecule has 76 valence electrons. The average molecular weight is 278 g/mol. The maximum absolute atomic E-state index is 10.6. The third-order valence-corrected chi connectivity index (χ3v) is 2.92. The molecule has 0 aliphatic carbocycles. The van der Waals surface area contributed by atoms with Gasteiger partial charge in [0.1, 0.15) is 4.83 Å². The molecule has 1 atom stereocenters. The predicted octanol–water partition coefficient (Wildman–Crippen LogP) is 3.04. The van der Waals surface area contributed by atoms with Crippen molar-refractivity contribution >= 4 is 33.5 Å². The number of rotatable bonds is 3. The summed E-state index contributed by atoms with van der Waals surface area (Å²) in [5.41, 5.74) is 2.02. The number of alkyl halides is 1. The number of carbonyl (C=O) groups is 1. The summed E-state index contributed by atoms with van der Waals surface area (Å²) in [6.45, 7) is 1.92. The molecule has 0 saturated heterocycles. The van der Waals surface area contributed by atoms with Crippen LogP contribution in [-0.2, 0) is 11.2 Å². The van der Waals surface area contributed by atoms with Crippen molar-refractivity contribution in [3.05, 3.63) is 34.3 Å². The molecule has 0 heterocycles. The van der Waals surface area contributed by atoms with E-state index in [1.54, 1.807) is 6.07 Å². The summed E-state index contributed by atoms with van der Waals surface area (Å²) in [5, 5.41) is 9.39. The molecule has 0 aliphatic heterocycles. The van der Waals surface area contributed by atoms with E-state index in [0.29, 0.717) is 11.4 Å². The molecule has 0 bridgehead atoms. The highest BCUT2D eigenvalue weighted by Crippen LogP contribution is 2.18. The first kappa shape index (κ1) is 11.5. The Morgan fingerprint density at radius 1 is 1.64 bits per heavy atom. The van der Waals surface area contributed by atoms with E-state index >= 15 is 0 Å². The fraction of sp³-hybridized carbons (Fsp3) is 0.300. The molecule has 0 unspecified atom stereocenters. The zero-order chi connectivity index (χ0) is 10.7. The summed E-state index contributed by atoms with van der Waals surface area (Å²) in [5.74, 6) is -0.848. The lowest BCUT2D eigenvalue weighted by molar-refractivity contribution is -0.136. The Kier molecular flexibility index (Phi) is 3.96. The van der Waals surface area contributed by atoms with Crippen molar-refractivity contribution in [3.63, 3.8) is 0 Å². The maximum Gasteiger partial charge on any atom is 0.317 e. The summed E-state index contributed by atoms with van der Waals surface area (Å²) < 4.78 is 0. The lowest BCUT2D eigenvalue weighted by Gasteiger charge is -2.08. The summed E-state index contributed by atoms with van der Waals surface area (Å²) in [6, 6.07) is 5.46. The number of carboxylic acid groups (broad SMARTS) is 1. The number of aryl methyl sites for hydroxylation is 1. The highest BCUT2D eigenvalue weighted by Gasteiger charge is 2.14. The quantitative estimate of drug-likeness (QED) is 0.862. The van der Waals surface area contributed by atoms with E-state index < -0.39 is 10.8 Å². The lowest BCUT2D eigenvalue weighted by Crippen LogP contribution is -2.15. The summed E-state index contributed by atoms with van der Waals surface area (Å²) >= 11 is 8.89. The highest BCUT2D eigenvalue weighted by atomic mass is 79.9. The van der Waals surface area contributed by atoms with Gasteiger partial charge in [0.2, 0.25) is 0 Å². The second-order valence-corrected chi connectivity index (χ2v) is 4.62. The van der Waals surface area contributed by atoms with Crippen LogP contribution >= 0.6 is 27.5 Å². The predicted molar refractivity (Wildman–Crippen MR) is 60.2 cm³/mol. The Morgan fingerprint density at radius 3 is 2.79 bits per heavy atom. The van der Waals surface area contributed by atoms with Crippen LogP contribution in [-0.4, -0.2) is 15.9 Å². The first-order chi connectivity index (χ1) is 6.50. The smallest absolute Gasteiger partial charge is 0.317 e. The van der Waals surface area contributed by atoms with E-state index in [1.807, 2.05) is 19.1 Å². The highest BCUT2D eigenvalue weighted by molar-refractivity contribution is 9.10. The summed E-state index contributed by atoms with van der Waals surface area (Å²) in [6.07, 6.45) is 0.471. The average Bonchev–Trinajstić information content (AvgIpc) is 2.09. The van der Waals surface area contributed by atoms with Gasteiger partial charge in [-0.05, 0) is 36.6 Å². The standard InChI is InChI=1S/C10H10BrClO2/c1-6-4-8(12)3-2-7(6)5-9(11)10(13)14/h2-4,9H,5H2,1H3,(H,13,14)/t9-/m0/s1. The molecule has 4 heteroatoms. The normalized spacial score (nSPS) is 12.5. The maximum atomic E-state index is 10.6. The van der Waals surface area contributed by atoms with Crippen LogP contribution in [0.1, 0.15) is 11.1 Å². The van der Waals surface area contributed by atoms with Crippen LogP contribution < -0.4 is 0 Å². The van der Waals surface area contributed by atoms with Gasteiger partial charge in [-0.15, -0.1) is 0 Å². The topological polar surface area (TPSA) is 37.3 Å². The van der Waals surface area contributed by atoms with Gasteiger partial charge in [0.15, 0.2) is 0 Å². The Balaban J connectivity index is 2.82. The van der Waals surface area contributed by atoms with Crippen LogP contribution in [0.25, 0.3) is 0 Å². The first-order valence-electron chi connectivity index (χ1n) is 4.12. The summed E-state index contributed by atoms with van der Waals surface area (Å²) in [7, 11) is 0. The van der Waals surface area contributed by atoms with E-state index in [-0.39, 0.29) is 0 Å². The van der Waals surface area contributed by atoms with Gasteiger partial charge in [-0.3, -0.25) is 4.79 Å². The fourth-order valence-corrected chi connectivity index (χ4v) is 1.74. The van der Waals surface area contributed by atoms with E-state index in [2.05, 4.69) is 15.9 Å². The SMILES string of the molecule is Cc1cc(Cl)ccc1C[C@H](Br)C(=O)O. The molecule has 1 N–H and O–H groups in total. The molecule has 1 rings (SSSR count). The molecule has 1 aromatic carbocycles. The third-order valence-electron chi connectivity index (χ3n) is 1.97. The van der Waals surface area contributed by atoms with E-state index in [9.17, 15) is 4.79 Å². The van der Waals surface area contributed by atoms with Gasteiger partial charge in [-0.25, -0.2) is 0 Å². The summed E-state index contributed by atoms with van der Waals surface area (Å²) in [4.78, 5) is 10.1. The Bertz CT molecular complexity index is 352. The molecule has 0 fully saturated rings. The molecular weight excluding hydrogens is 267 g/mol. The van der Waals surface area contributed by atoms with Crippen LogP contribution in [0, 0.1) is 6.92 Å². The van der Waals surface area contributed by atoms with Gasteiger partial charge < -0.3 is 5.11 Å². The minimum absolute atomic E-state index is 0.471. The molecule has 0 aromatic heterocycles. The zero-order valence-corrected chi connectivity index (χ0v) is 9.97. The van der Waals surface area contributed by atoms with Crippen LogP contribution in [0.5, 0.6) is 0 Å². The molecule has 0 saturated carbocycles.